The van der Waals surface area contributed by atoms with Crippen LogP contribution in [0.3, 0.4) is 0 Å². The lowest BCUT2D eigenvalue weighted by Crippen LogP contribution is -2.54. The summed E-state index contributed by atoms with van der Waals surface area (Å²) in [5, 5.41) is 25.5. The van der Waals surface area contributed by atoms with Crippen molar-refractivity contribution in [3.8, 4) is 0 Å². The Labute approximate surface area is 229 Å². The molecule has 2 fully saturated rings. The highest BCUT2D eigenvalue weighted by molar-refractivity contribution is 5.94. The van der Waals surface area contributed by atoms with Gasteiger partial charge in [0.05, 0.1) is 12.7 Å². The number of hydrogen-bond acceptors (Lipinski definition) is 4. The lowest BCUT2D eigenvalue weighted by molar-refractivity contribution is -0.0243. The second kappa shape index (κ2) is 9.91. The van der Waals surface area contributed by atoms with E-state index < -0.39 is 5.41 Å². The average molecular weight is 521 g/mol. The fraction of sp³-hybridized carbons (Fsp3) is 0.667. The van der Waals surface area contributed by atoms with Crippen LogP contribution in [-0.2, 0) is 0 Å². The van der Waals surface area contributed by atoms with Gasteiger partial charge in [-0.25, -0.2) is 0 Å². The summed E-state index contributed by atoms with van der Waals surface area (Å²) in [6, 6.07) is 9.59. The van der Waals surface area contributed by atoms with Crippen LogP contribution in [0, 0.1) is 34.0 Å². The molecule has 9 unspecified atom stereocenters. The summed E-state index contributed by atoms with van der Waals surface area (Å²) in [5.74, 6) is 0.834. The zero-order chi connectivity index (χ0) is 27.5. The number of allylic oxidation sites excluding steroid dienone is 3. The molecule has 5 nitrogen and oxygen atoms in total. The highest BCUT2D eigenvalue weighted by atomic mass is 16.3. The maximum absolute atomic E-state index is 13.1. The van der Waals surface area contributed by atoms with Gasteiger partial charge in [0.2, 0.25) is 0 Å². The van der Waals surface area contributed by atoms with Crippen LogP contribution in [-0.4, -0.2) is 59.9 Å². The van der Waals surface area contributed by atoms with Crippen LogP contribution in [0.4, 0.5) is 0 Å². The Morgan fingerprint density at radius 3 is 2.37 bits per heavy atom. The zero-order valence-corrected chi connectivity index (χ0v) is 24.2. The summed E-state index contributed by atoms with van der Waals surface area (Å²) >= 11 is 0. The normalized spacial score (nSPS) is 41.2. The van der Waals surface area contributed by atoms with Crippen molar-refractivity contribution in [1.29, 1.82) is 0 Å². The molecule has 4 aliphatic carbocycles. The van der Waals surface area contributed by atoms with E-state index in [0.717, 1.165) is 38.5 Å². The maximum atomic E-state index is 13.1. The van der Waals surface area contributed by atoms with E-state index in [4.69, 9.17) is 0 Å². The Kier molecular flexibility index (Phi) is 7.20. The quantitative estimate of drug-likeness (QED) is 0.467. The summed E-state index contributed by atoms with van der Waals surface area (Å²) in [6.45, 7) is 9.38. The summed E-state index contributed by atoms with van der Waals surface area (Å²) in [7, 11) is 4.26. The zero-order valence-electron chi connectivity index (χ0n) is 24.2. The molecule has 0 saturated heterocycles. The minimum Gasteiger partial charge on any atom is -0.396 e. The third-order valence-electron chi connectivity index (χ3n) is 11.9. The summed E-state index contributed by atoms with van der Waals surface area (Å²) in [4.78, 5) is 15.3. The van der Waals surface area contributed by atoms with E-state index in [9.17, 15) is 15.0 Å². The number of carbonyl (C=O) groups excluding carboxylic acids is 1. The van der Waals surface area contributed by atoms with Crippen molar-refractivity contribution in [3.05, 3.63) is 59.2 Å². The predicted octanol–water partition coefficient (Wildman–Crippen LogP) is 5.20. The molecule has 0 radical (unpaired) electrons. The first-order chi connectivity index (χ1) is 18.0. The van der Waals surface area contributed by atoms with Gasteiger partial charge < -0.3 is 20.4 Å². The van der Waals surface area contributed by atoms with Crippen LogP contribution >= 0.6 is 0 Å². The van der Waals surface area contributed by atoms with E-state index in [-0.39, 0.29) is 47.3 Å². The first-order valence-electron chi connectivity index (χ1n) is 14.7. The number of nitrogens with zero attached hydrogens (tertiary/aromatic N) is 1. The number of hydrogen-bond donors (Lipinski definition) is 3. The standard InChI is InChI=1S/C33H48N2O3/c1-21(35(5)6)29-27(37)19-33(4)26-14-13-25-23(18-24(26)16-17-32(29,33)3)12-15-28(31(25,2)20-36)34-30(38)22-10-8-7-9-11-22/h7-12,16,21,25-29,36-37H,13-15,17-20H2,1-6H3,(H,34,38). The molecule has 38 heavy (non-hydrogen) atoms. The Bertz CT molecular complexity index is 1110. The Morgan fingerprint density at radius 2 is 1.71 bits per heavy atom. The number of rotatable bonds is 5. The van der Waals surface area contributed by atoms with Gasteiger partial charge >= 0.3 is 0 Å². The fourth-order valence-corrected chi connectivity index (χ4v) is 9.18. The smallest absolute Gasteiger partial charge is 0.251 e. The molecule has 0 aliphatic heterocycles. The minimum atomic E-state index is -0.413. The van der Waals surface area contributed by atoms with Crippen molar-refractivity contribution in [2.75, 3.05) is 20.7 Å². The third-order valence-corrected chi connectivity index (χ3v) is 11.9. The molecular weight excluding hydrogens is 472 g/mol. The lowest BCUT2D eigenvalue weighted by atomic mass is 9.51. The number of amides is 1. The van der Waals surface area contributed by atoms with Gasteiger partial charge in [0.1, 0.15) is 0 Å². The number of aliphatic hydroxyl groups excluding tert-OH is 2. The van der Waals surface area contributed by atoms with E-state index in [1.807, 2.05) is 30.3 Å². The van der Waals surface area contributed by atoms with E-state index >= 15 is 0 Å². The summed E-state index contributed by atoms with van der Waals surface area (Å²) in [5.41, 5.74) is 3.30. The maximum Gasteiger partial charge on any atom is 0.251 e. The van der Waals surface area contributed by atoms with Gasteiger partial charge in [0.25, 0.3) is 5.91 Å². The van der Waals surface area contributed by atoms with E-state index in [1.54, 1.807) is 0 Å². The Hall–Kier alpha value is -1.95. The molecule has 5 heteroatoms. The topological polar surface area (TPSA) is 72.8 Å². The number of carbonyl (C=O) groups is 1. The van der Waals surface area contributed by atoms with E-state index in [1.165, 1.54) is 11.1 Å². The van der Waals surface area contributed by atoms with Crippen molar-refractivity contribution in [1.82, 2.24) is 10.2 Å². The molecule has 0 spiro atoms. The van der Waals surface area contributed by atoms with Gasteiger partial charge in [-0.05, 0) is 94.3 Å². The second-order valence-electron chi connectivity index (χ2n) is 13.7. The molecule has 0 bridgehead atoms. The van der Waals surface area contributed by atoms with Crippen molar-refractivity contribution in [2.45, 2.75) is 84.4 Å². The van der Waals surface area contributed by atoms with Crippen LogP contribution in [0.5, 0.6) is 0 Å². The molecule has 1 aromatic rings. The highest BCUT2D eigenvalue weighted by Crippen LogP contribution is 2.68. The van der Waals surface area contributed by atoms with Crippen LogP contribution < -0.4 is 5.32 Å². The molecule has 0 heterocycles. The van der Waals surface area contributed by atoms with Crippen LogP contribution in [0.1, 0.15) is 76.6 Å². The molecule has 4 aliphatic rings. The van der Waals surface area contributed by atoms with Crippen LogP contribution in [0.15, 0.2) is 53.6 Å². The number of aliphatic hydroxyl groups is 2. The van der Waals surface area contributed by atoms with Crippen molar-refractivity contribution in [3.63, 3.8) is 0 Å². The number of fused-ring (bicyclic) bond motifs is 4. The van der Waals surface area contributed by atoms with Gasteiger partial charge in [-0.1, -0.05) is 62.3 Å². The molecule has 1 aromatic carbocycles. The molecular formula is C33H48N2O3. The SMILES string of the molecule is CC(C1C(O)CC2(C)C3CCC4C(=CCC(NC(=O)c5ccccc5)C4(C)CO)CC3=CCC12C)N(C)C. The van der Waals surface area contributed by atoms with Crippen LogP contribution in [0.25, 0.3) is 0 Å². The van der Waals surface area contributed by atoms with Gasteiger partial charge in [-0.15, -0.1) is 0 Å². The van der Waals surface area contributed by atoms with Gasteiger partial charge in [-0.3, -0.25) is 4.79 Å². The van der Waals surface area contributed by atoms with Gasteiger partial charge in [0.15, 0.2) is 0 Å². The lowest BCUT2D eigenvalue weighted by Gasteiger charge is -2.54. The highest BCUT2D eigenvalue weighted by Gasteiger charge is 2.64. The Morgan fingerprint density at radius 1 is 1.05 bits per heavy atom. The monoisotopic (exact) mass is 520 g/mol. The molecule has 0 aromatic heterocycles. The van der Waals surface area contributed by atoms with Gasteiger partial charge in [0, 0.05) is 29.0 Å². The first-order valence-corrected chi connectivity index (χ1v) is 14.7. The first kappa shape index (κ1) is 27.6. The summed E-state index contributed by atoms with van der Waals surface area (Å²) in [6.07, 6.45) is 10.2. The average Bonchev–Trinajstić information content (AvgIpc) is 3.00. The predicted molar refractivity (Wildman–Crippen MR) is 153 cm³/mol. The molecule has 2 saturated carbocycles. The molecule has 5 rings (SSSR count). The molecule has 3 N–H and O–H groups in total. The third kappa shape index (κ3) is 4.12. The van der Waals surface area contributed by atoms with Crippen LogP contribution in [0.2, 0.25) is 0 Å². The van der Waals surface area contributed by atoms with Crippen molar-refractivity contribution in [2.24, 2.45) is 34.0 Å². The van der Waals surface area contributed by atoms with E-state index in [0.29, 0.717) is 17.5 Å². The molecule has 1 amide bonds. The van der Waals surface area contributed by atoms with E-state index in [2.05, 4.69) is 64.2 Å². The molecule has 208 valence electrons. The second-order valence-corrected chi connectivity index (χ2v) is 13.7. The number of benzene rings is 1. The Balaban J connectivity index is 1.42. The fourth-order valence-electron chi connectivity index (χ4n) is 9.18. The molecule has 9 atom stereocenters. The minimum absolute atomic E-state index is 0.0377. The summed E-state index contributed by atoms with van der Waals surface area (Å²) < 4.78 is 0. The van der Waals surface area contributed by atoms with Crippen molar-refractivity contribution < 1.29 is 15.0 Å². The number of nitrogens with one attached hydrogen (secondary N) is 1. The van der Waals surface area contributed by atoms with Crippen molar-refractivity contribution >= 4 is 5.91 Å². The van der Waals surface area contributed by atoms with Gasteiger partial charge in [-0.2, -0.15) is 0 Å². The largest absolute Gasteiger partial charge is 0.396 e.